The fourth-order valence-electron chi connectivity index (χ4n) is 1.30. The van der Waals surface area contributed by atoms with Gasteiger partial charge in [0.1, 0.15) is 5.69 Å². The van der Waals surface area contributed by atoms with Gasteiger partial charge in [0, 0.05) is 17.4 Å². The van der Waals surface area contributed by atoms with Crippen molar-refractivity contribution in [3.63, 3.8) is 0 Å². The summed E-state index contributed by atoms with van der Waals surface area (Å²) in [6.07, 6.45) is 3.93. The van der Waals surface area contributed by atoms with Crippen LogP contribution in [0.5, 0.6) is 0 Å². The molecule has 3 N–H and O–H groups in total. The van der Waals surface area contributed by atoms with Gasteiger partial charge in [-0.05, 0) is 31.9 Å². The Balaban J connectivity index is 2.17. The number of nitrogens with zero attached hydrogens (tertiary/aromatic N) is 1. The summed E-state index contributed by atoms with van der Waals surface area (Å²) in [5, 5.41) is 3.34. The Morgan fingerprint density at radius 3 is 2.93 bits per heavy atom. The number of carbonyl (C=O) groups is 1. The number of pyridine rings is 1. The molecule has 0 bridgehead atoms. The third kappa shape index (κ3) is 1.84. The molecule has 1 aliphatic carbocycles. The summed E-state index contributed by atoms with van der Waals surface area (Å²) in [5.41, 5.74) is 6.55. The lowest BCUT2D eigenvalue weighted by Crippen LogP contribution is -2.18. The highest BCUT2D eigenvalue weighted by molar-refractivity contribution is 5.91. The minimum atomic E-state index is -0.491. The van der Waals surface area contributed by atoms with Crippen molar-refractivity contribution in [2.24, 2.45) is 5.73 Å². The Kier molecular flexibility index (Phi) is 1.91. The number of primary amides is 1. The Morgan fingerprint density at radius 1 is 1.64 bits per heavy atom. The Morgan fingerprint density at radius 2 is 2.36 bits per heavy atom. The molecule has 0 saturated heterocycles. The molecule has 0 radical (unpaired) electrons. The van der Waals surface area contributed by atoms with Crippen LogP contribution in [0.15, 0.2) is 18.3 Å². The minimum absolute atomic E-state index is 0.205. The smallest absolute Gasteiger partial charge is 0.267 e. The molecule has 1 aromatic rings. The molecule has 1 fully saturated rings. The first kappa shape index (κ1) is 8.99. The molecule has 1 amide bonds. The number of hydrogen-bond acceptors (Lipinski definition) is 3. The van der Waals surface area contributed by atoms with Gasteiger partial charge in [-0.15, -0.1) is 0 Å². The first-order valence-corrected chi connectivity index (χ1v) is 4.63. The average molecular weight is 191 g/mol. The van der Waals surface area contributed by atoms with E-state index in [-0.39, 0.29) is 5.54 Å². The van der Waals surface area contributed by atoms with E-state index in [1.54, 1.807) is 12.3 Å². The normalized spacial score (nSPS) is 17.5. The third-order valence-electron chi connectivity index (χ3n) is 2.46. The van der Waals surface area contributed by atoms with Crippen LogP contribution in [-0.4, -0.2) is 16.4 Å². The van der Waals surface area contributed by atoms with Crippen molar-refractivity contribution in [1.29, 1.82) is 0 Å². The van der Waals surface area contributed by atoms with E-state index in [1.165, 1.54) is 12.8 Å². The summed E-state index contributed by atoms with van der Waals surface area (Å²) in [7, 11) is 0. The van der Waals surface area contributed by atoms with Gasteiger partial charge >= 0.3 is 0 Å². The van der Waals surface area contributed by atoms with Crippen molar-refractivity contribution in [2.75, 3.05) is 5.32 Å². The topological polar surface area (TPSA) is 68.0 Å². The number of rotatable bonds is 3. The van der Waals surface area contributed by atoms with Crippen LogP contribution in [-0.2, 0) is 0 Å². The fraction of sp³-hybridized carbons (Fsp3) is 0.400. The number of aromatic nitrogens is 1. The second-order valence-electron chi connectivity index (χ2n) is 3.98. The van der Waals surface area contributed by atoms with Crippen LogP contribution >= 0.6 is 0 Å². The number of carbonyl (C=O) groups excluding carboxylic acids is 1. The van der Waals surface area contributed by atoms with Gasteiger partial charge in [0.15, 0.2) is 0 Å². The van der Waals surface area contributed by atoms with Crippen LogP contribution in [0, 0.1) is 0 Å². The summed E-state index contributed by atoms with van der Waals surface area (Å²) in [5.74, 6) is -0.491. The van der Waals surface area contributed by atoms with Crippen LogP contribution in [0.1, 0.15) is 30.3 Å². The molecular weight excluding hydrogens is 178 g/mol. The van der Waals surface area contributed by atoms with Gasteiger partial charge < -0.3 is 11.1 Å². The van der Waals surface area contributed by atoms with Crippen molar-refractivity contribution in [1.82, 2.24) is 4.98 Å². The first-order chi connectivity index (χ1) is 6.59. The van der Waals surface area contributed by atoms with E-state index in [0.717, 1.165) is 5.69 Å². The zero-order valence-corrected chi connectivity index (χ0v) is 8.08. The monoisotopic (exact) mass is 191 g/mol. The first-order valence-electron chi connectivity index (χ1n) is 4.63. The molecule has 1 aromatic heterocycles. The van der Waals surface area contributed by atoms with Crippen LogP contribution in [0.25, 0.3) is 0 Å². The Hall–Kier alpha value is -1.58. The van der Waals surface area contributed by atoms with Crippen LogP contribution in [0.2, 0.25) is 0 Å². The molecular formula is C10H13N3O. The molecule has 14 heavy (non-hydrogen) atoms. The van der Waals surface area contributed by atoms with Gasteiger partial charge in [0.05, 0.1) is 0 Å². The second kappa shape index (κ2) is 2.97. The van der Waals surface area contributed by atoms with E-state index >= 15 is 0 Å². The van der Waals surface area contributed by atoms with Gasteiger partial charge in [-0.25, -0.2) is 0 Å². The van der Waals surface area contributed by atoms with Gasteiger partial charge in [-0.1, -0.05) is 0 Å². The molecule has 2 rings (SSSR count). The van der Waals surface area contributed by atoms with Crippen LogP contribution < -0.4 is 11.1 Å². The van der Waals surface area contributed by atoms with Gasteiger partial charge in [0.2, 0.25) is 0 Å². The van der Waals surface area contributed by atoms with E-state index in [1.807, 2.05) is 6.07 Å². The van der Waals surface area contributed by atoms with Crippen molar-refractivity contribution >= 4 is 11.6 Å². The zero-order valence-electron chi connectivity index (χ0n) is 8.08. The average Bonchev–Trinajstić information content (AvgIpc) is 2.83. The summed E-state index contributed by atoms with van der Waals surface area (Å²) < 4.78 is 0. The molecule has 0 aromatic carbocycles. The van der Waals surface area contributed by atoms with Gasteiger partial charge in [-0.2, -0.15) is 0 Å². The quantitative estimate of drug-likeness (QED) is 0.752. The molecule has 4 heteroatoms. The molecule has 0 spiro atoms. The maximum Gasteiger partial charge on any atom is 0.267 e. The highest BCUT2D eigenvalue weighted by Crippen LogP contribution is 2.37. The van der Waals surface area contributed by atoms with E-state index < -0.39 is 5.91 Å². The zero-order chi connectivity index (χ0) is 10.2. The maximum absolute atomic E-state index is 10.9. The molecule has 0 unspecified atom stereocenters. The van der Waals surface area contributed by atoms with E-state index in [2.05, 4.69) is 17.2 Å². The molecule has 0 atom stereocenters. The highest BCUT2D eigenvalue weighted by atomic mass is 16.1. The van der Waals surface area contributed by atoms with Crippen LogP contribution in [0.3, 0.4) is 0 Å². The van der Waals surface area contributed by atoms with E-state index in [4.69, 9.17) is 5.73 Å². The molecule has 1 aliphatic rings. The number of nitrogens with one attached hydrogen (secondary N) is 1. The number of anilines is 1. The lowest BCUT2D eigenvalue weighted by Gasteiger charge is -2.12. The maximum atomic E-state index is 10.9. The minimum Gasteiger partial charge on any atom is -0.380 e. The van der Waals surface area contributed by atoms with Gasteiger partial charge in [-0.3, -0.25) is 9.78 Å². The SMILES string of the molecule is CC1(Nc2ccnc(C(N)=O)c2)CC1. The number of amides is 1. The predicted octanol–water partition coefficient (Wildman–Crippen LogP) is 1.14. The summed E-state index contributed by atoms with van der Waals surface area (Å²) in [6, 6.07) is 3.53. The van der Waals surface area contributed by atoms with Crippen molar-refractivity contribution in [2.45, 2.75) is 25.3 Å². The van der Waals surface area contributed by atoms with Crippen molar-refractivity contribution in [3.8, 4) is 0 Å². The third-order valence-corrected chi connectivity index (χ3v) is 2.46. The van der Waals surface area contributed by atoms with Gasteiger partial charge in [0.25, 0.3) is 5.91 Å². The summed E-state index contributed by atoms with van der Waals surface area (Å²) in [4.78, 5) is 14.7. The highest BCUT2D eigenvalue weighted by Gasteiger charge is 2.36. The molecule has 0 aliphatic heterocycles. The molecule has 4 nitrogen and oxygen atoms in total. The molecule has 1 saturated carbocycles. The lowest BCUT2D eigenvalue weighted by atomic mass is 10.2. The Bertz CT molecular complexity index is 371. The van der Waals surface area contributed by atoms with E-state index in [0.29, 0.717) is 5.69 Å². The summed E-state index contributed by atoms with van der Waals surface area (Å²) in [6.45, 7) is 2.15. The largest absolute Gasteiger partial charge is 0.380 e. The van der Waals surface area contributed by atoms with E-state index in [9.17, 15) is 4.79 Å². The van der Waals surface area contributed by atoms with Crippen LogP contribution in [0.4, 0.5) is 5.69 Å². The lowest BCUT2D eigenvalue weighted by molar-refractivity contribution is 0.0995. The Labute approximate surface area is 82.5 Å². The fourth-order valence-corrected chi connectivity index (χ4v) is 1.30. The van der Waals surface area contributed by atoms with Crippen molar-refractivity contribution in [3.05, 3.63) is 24.0 Å². The molecule has 74 valence electrons. The van der Waals surface area contributed by atoms with Crippen molar-refractivity contribution < 1.29 is 4.79 Å². The second-order valence-corrected chi connectivity index (χ2v) is 3.98. The number of nitrogens with two attached hydrogens (primary N) is 1. The standard InChI is InChI=1S/C10H13N3O/c1-10(3-4-10)13-7-2-5-12-8(6-7)9(11)14/h2,5-6H,3-4H2,1H3,(H2,11,14)(H,12,13). The predicted molar refractivity (Wildman–Crippen MR) is 54.0 cm³/mol. The number of hydrogen-bond donors (Lipinski definition) is 2. The summed E-state index contributed by atoms with van der Waals surface area (Å²) >= 11 is 0. The molecule has 1 heterocycles.